The van der Waals surface area contributed by atoms with Gasteiger partial charge in [-0.2, -0.15) is 0 Å². The minimum Gasteiger partial charge on any atom is -0.508 e. The van der Waals surface area contributed by atoms with Gasteiger partial charge in [0.25, 0.3) is 8.32 Å². The summed E-state index contributed by atoms with van der Waals surface area (Å²) in [7, 11) is -1.27. The molecule has 3 rings (SSSR count). The molecule has 0 heterocycles. The second-order valence-corrected chi connectivity index (χ2v) is 12.6. The van der Waals surface area contributed by atoms with Crippen molar-refractivity contribution in [2.45, 2.75) is 32.4 Å². The van der Waals surface area contributed by atoms with Crippen molar-refractivity contribution in [3.05, 3.63) is 83.9 Å². The van der Waals surface area contributed by atoms with Crippen LogP contribution in [-0.4, -0.2) is 26.8 Å². The smallest absolute Gasteiger partial charge is 0.261 e. The molecule has 1 N–H and O–H groups in total. The van der Waals surface area contributed by atoms with Crippen LogP contribution < -0.4 is 15.1 Å². The minimum absolute atomic E-state index is 0.0403. The van der Waals surface area contributed by atoms with Gasteiger partial charge in [-0.05, 0) is 27.0 Å². The number of phenols is 1. The number of ether oxygens (including phenoxy) is 1. The Labute approximate surface area is 179 Å². The summed E-state index contributed by atoms with van der Waals surface area (Å²) in [6, 6.07) is 23.6. The summed E-state index contributed by atoms with van der Waals surface area (Å²) in [5, 5.41) is 12.3. The third-order valence-corrected chi connectivity index (χ3v) is 10.4. The van der Waals surface area contributed by atoms with Crippen molar-refractivity contribution in [1.29, 1.82) is 0 Å². The van der Waals surface area contributed by atoms with E-state index < -0.39 is 8.32 Å². The van der Waals surface area contributed by atoms with Crippen LogP contribution in [0.3, 0.4) is 0 Å². The molecule has 156 valence electrons. The Morgan fingerprint density at radius 3 is 1.90 bits per heavy atom. The number of hydrogen-bond donors (Lipinski definition) is 1. The molecule has 0 radical (unpaired) electrons. The number of carbonyl (C=O) groups excluding carboxylic acids is 1. The molecule has 3 aromatic rings. The molecule has 0 atom stereocenters. The molecule has 0 bridgehead atoms. The van der Waals surface area contributed by atoms with E-state index in [0.717, 1.165) is 16.7 Å². The first-order valence-corrected chi connectivity index (χ1v) is 11.8. The van der Waals surface area contributed by atoms with Gasteiger partial charge in [0.1, 0.15) is 11.5 Å². The summed E-state index contributed by atoms with van der Waals surface area (Å²) >= 11 is 0. The Morgan fingerprint density at radius 2 is 1.47 bits per heavy atom. The Balaban J connectivity index is 2.16. The number of rotatable bonds is 7. The standard InChI is InChI=1S/C25H28O4Si/c1-25(2,3)30(21-11-7-5-8-12-21,22-13-9-6-10-14-22)29-18-19-15-20(27)16-24(28-4)23(19)17-26/h5-17,27H,18H2,1-4H3. The van der Waals surface area contributed by atoms with Crippen LogP contribution in [0.1, 0.15) is 36.7 Å². The van der Waals surface area contributed by atoms with Gasteiger partial charge >= 0.3 is 0 Å². The lowest BCUT2D eigenvalue weighted by Crippen LogP contribution is -2.66. The summed E-state index contributed by atoms with van der Waals surface area (Å²) in [6.07, 6.45) is 0.752. The van der Waals surface area contributed by atoms with Crippen molar-refractivity contribution in [3.63, 3.8) is 0 Å². The summed E-state index contributed by atoms with van der Waals surface area (Å²) in [4.78, 5) is 11.8. The Morgan fingerprint density at radius 1 is 0.933 bits per heavy atom. The van der Waals surface area contributed by atoms with E-state index >= 15 is 0 Å². The van der Waals surface area contributed by atoms with Gasteiger partial charge in [0.15, 0.2) is 6.29 Å². The second-order valence-electron chi connectivity index (χ2n) is 8.29. The van der Waals surface area contributed by atoms with E-state index in [1.165, 1.54) is 13.2 Å². The molecular weight excluding hydrogens is 392 g/mol. The van der Waals surface area contributed by atoms with E-state index in [0.29, 0.717) is 16.9 Å². The maximum Gasteiger partial charge on any atom is 0.261 e. The number of phenolic OH excluding ortho intramolecular Hbond substituents is 1. The first-order chi connectivity index (χ1) is 14.3. The molecule has 30 heavy (non-hydrogen) atoms. The lowest BCUT2D eigenvalue weighted by atomic mass is 10.1. The van der Waals surface area contributed by atoms with Gasteiger partial charge in [-0.3, -0.25) is 4.79 Å². The van der Waals surface area contributed by atoms with E-state index in [1.54, 1.807) is 6.07 Å². The van der Waals surface area contributed by atoms with E-state index in [9.17, 15) is 9.90 Å². The van der Waals surface area contributed by atoms with Gasteiger partial charge in [0.05, 0.1) is 19.3 Å². The number of methoxy groups -OCH3 is 1. The maximum atomic E-state index is 11.8. The van der Waals surface area contributed by atoms with Crippen molar-refractivity contribution < 1.29 is 19.1 Å². The van der Waals surface area contributed by atoms with Crippen LogP contribution in [0.25, 0.3) is 0 Å². The zero-order chi connectivity index (χ0) is 21.8. The number of hydrogen-bond acceptors (Lipinski definition) is 4. The molecule has 0 aliphatic rings. The largest absolute Gasteiger partial charge is 0.508 e. The first kappa shape index (κ1) is 21.8. The van der Waals surface area contributed by atoms with E-state index in [1.807, 2.05) is 36.4 Å². The van der Waals surface area contributed by atoms with Crippen LogP contribution in [0.15, 0.2) is 72.8 Å². The molecule has 0 amide bonds. The highest BCUT2D eigenvalue weighted by Gasteiger charge is 2.50. The normalized spacial score (nSPS) is 11.9. The van der Waals surface area contributed by atoms with Gasteiger partial charge in [0, 0.05) is 6.07 Å². The molecule has 0 aliphatic heterocycles. The molecule has 5 heteroatoms. The molecule has 0 aliphatic carbocycles. The summed E-state index contributed by atoms with van der Waals surface area (Å²) in [5.74, 6) is 0.379. The number of aromatic hydroxyl groups is 1. The van der Waals surface area contributed by atoms with Crippen molar-refractivity contribution in [2.24, 2.45) is 0 Å². The SMILES string of the molecule is COc1cc(O)cc(CO[Si](c2ccccc2)(c2ccccc2)C(C)(C)C)c1C=O. The summed E-state index contributed by atoms with van der Waals surface area (Å²) in [6.45, 7) is 6.78. The van der Waals surface area contributed by atoms with Gasteiger partial charge in [-0.15, -0.1) is 0 Å². The average Bonchev–Trinajstić information content (AvgIpc) is 2.74. The molecule has 4 nitrogen and oxygen atoms in total. The zero-order valence-corrected chi connectivity index (χ0v) is 18.9. The maximum absolute atomic E-state index is 11.8. The number of carbonyl (C=O) groups is 1. The lowest BCUT2D eigenvalue weighted by Gasteiger charge is -2.43. The fraction of sp³-hybridized carbons (Fsp3) is 0.240. The minimum atomic E-state index is -2.75. The van der Waals surface area contributed by atoms with Crippen LogP contribution in [0.5, 0.6) is 11.5 Å². The van der Waals surface area contributed by atoms with Gasteiger partial charge in [0.2, 0.25) is 0 Å². The Kier molecular flexibility index (Phi) is 6.44. The Hall–Kier alpha value is -2.89. The summed E-state index contributed by atoms with van der Waals surface area (Å²) < 4.78 is 12.2. The fourth-order valence-electron chi connectivity index (χ4n) is 4.04. The zero-order valence-electron chi connectivity index (χ0n) is 17.9. The highest BCUT2D eigenvalue weighted by Crippen LogP contribution is 2.38. The van der Waals surface area contributed by atoms with Crippen molar-refractivity contribution in [2.75, 3.05) is 7.11 Å². The third-order valence-electron chi connectivity index (χ3n) is 5.41. The average molecular weight is 421 g/mol. The van der Waals surface area contributed by atoms with Crippen LogP contribution in [0.4, 0.5) is 0 Å². The number of benzene rings is 3. The monoisotopic (exact) mass is 420 g/mol. The quantitative estimate of drug-likeness (QED) is 0.458. The molecule has 0 aromatic heterocycles. The van der Waals surface area contributed by atoms with Crippen LogP contribution in [0.2, 0.25) is 5.04 Å². The molecule has 0 saturated carbocycles. The van der Waals surface area contributed by atoms with Crippen LogP contribution in [0, 0.1) is 0 Å². The second kappa shape index (κ2) is 8.86. The molecule has 3 aromatic carbocycles. The van der Waals surface area contributed by atoms with Gasteiger partial charge < -0.3 is 14.3 Å². The number of aldehydes is 1. The molecule has 0 saturated heterocycles. The molecule has 0 unspecified atom stereocenters. The van der Waals surface area contributed by atoms with Gasteiger partial charge in [-0.1, -0.05) is 81.4 Å². The predicted octanol–water partition coefficient (Wildman–Crippen LogP) is 4.29. The lowest BCUT2D eigenvalue weighted by molar-refractivity contribution is 0.111. The highest BCUT2D eigenvalue weighted by atomic mass is 28.4. The van der Waals surface area contributed by atoms with Gasteiger partial charge in [-0.25, -0.2) is 0 Å². The van der Waals surface area contributed by atoms with E-state index in [2.05, 4.69) is 45.0 Å². The van der Waals surface area contributed by atoms with Crippen LogP contribution >= 0.6 is 0 Å². The van der Waals surface area contributed by atoms with Crippen LogP contribution in [-0.2, 0) is 11.0 Å². The fourth-order valence-corrected chi connectivity index (χ4v) is 8.57. The van der Waals surface area contributed by atoms with Crippen molar-refractivity contribution in [3.8, 4) is 11.5 Å². The van der Waals surface area contributed by atoms with E-state index in [4.69, 9.17) is 9.16 Å². The molecule has 0 fully saturated rings. The molecule has 0 spiro atoms. The highest BCUT2D eigenvalue weighted by molar-refractivity contribution is 6.99. The third kappa shape index (κ3) is 4.04. The van der Waals surface area contributed by atoms with E-state index in [-0.39, 0.29) is 17.4 Å². The topological polar surface area (TPSA) is 55.8 Å². The van der Waals surface area contributed by atoms with Crippen molar-refractivity contribution in [1.82, 2.24) is 0 Å². The molecular formula is C25H28O4Si. The summed E-state index contributed by atoms with van der Waals surface area (Å²) in [5.41, 5.74) is 1.00. The van der Waals surface area contributed by atoms with Crippen molar-refractivity contribution >= 4 is 25.0 Å². The predicted molar refractivity (Wildman–Crippen MR) is 122 cm³/mol. The Bertz CT molecular complexity index is 955. The first-order valence-electron chi connectivity index (χ1n) is 9.93.